The maximum Gasteiger partial charge on any atom is 0.191 e. The number of ether oxygens (including phenoxy) is 1. The largest absolute Gasteiger partial charge is 0.379 e. The van der Waals surface area contributed by atoms with Gasteiger partial charge < -0.3 is 19.9 Å². The number of guanidine groups is 1. The van der Waals surface area contributed by atoms with Crippen LogP contribution in [0.4, 0.5) is 0 Å². The molecule has 0 saturated carbocycles. The highest BCUT2D eigenvalue weighted by Crippen LogP contribution is 2.12. The van der Waals surface area contributed by atoms with Crippen molar-refractivity contribution in [2.24, 2.45) is 16.8 Å². The van der Waals surface area contributed by atoms with E-state index >= 15 is 0 Å². The molecule has 0 aromatic carbocycles. The molecule has 1 atom stereocenters. The molecule has 0 bridgehead atoms. The molecular formula is C20H38N6O. The lowest BCUT2D eigenvalue weighted by Gasteiger charge is -2.37. The van der Waals surface area contributed by atoms with Gasteiger partial charge in [0.1, 0.15) is 12.4 Å². The minimum Gasteiger partial charge on any atom is -0.379 e. The molecule has 1 unspecified atom stereocenters. The molecule has 1 aliphatic rings. The highest BCUT2D eigenvalue weighted by Gasteiger charge is 2.23. The molecule has 1 aliphatic heterocycles. The van der Waals surface area contributed by atoms with E-state index in [4.69, 9.17) is 9.73 Å². The molecule has 27 heavy (non-hydrogen) atoms. The minimum atomic E-state index is 0.473. The summed E-state index contributed by atoms with van der Waals surface area (Å²) in [4.78, 5) is 11.8. The van der Waals surface area contributed by atoms with E-state index < -0.39 is 0 Å². The van der Waals surface area contributed by atoms with E-state index in [-0.39, 0.29) is 0 Å². The van der Waals surface area contributed by atoms with E-state index in [1.165, 1.54) is 0 Å². The van der Waals surface area contributed by atoms with Crippen LogP contribution in [0.15, 0.2) is 17.4 Å². The number of rotatable bonds is 9. The molecule has 0 amide bonds. The van der Waals surface area contributed by atoms with Gasteiger partial charge in [0.15, 0.2) is 5.96 Å². The zero-order valence-corrected chi connectivity index (χ0v) is 17.7. The van der Waals surface area contributed by atoms with Crippen molar-refractivity contribution in [3.63, 3.8) is 0 Å². The van der Waals surface area contributed by atoms with Crippen molar-refractivity contribution in [2.45, 2.75) is 53.8 Å². The van der Waals surface area contributed by atoms with Crippen molar-refractivity contribution in [1.82, 2.24) is 25.1 Å². The topological polar surface area (TPSA) is 66.7 Å². The van der Waals surface area contributed by atoms with Crippen molar-refractivity contribution in [1.29, 1.82) is 0 Å². The maximum absolute atomic E-state index is 5.50. The molecule has 154 valence electrons. The lowest BCUT2D eigenvalue weighted by Crippen LogP contribution is -2.52. The fourth-order valence-electron chi connectivity index (χ4n) is 3.44. The molecule has 1 aromatic heterocycles. The van der Waals surface area contributed by atoms with Crippen LogP contribution >= 0.6 is 0 Å². The van der Waals surface area contributed by atoms with Gasteiger partial charge in [-0.25, -0.2) is 9.98 Å². The molecule has 2 N–H and O–H groups in total. The molecule has 7 nitrogen and oxygen atoms in total. The highest BCUT2D eigenvalue weighted by atomic mass is 16.5. The third-order valence-electron chi connectivity index (χ3n) is 4.85. The van der Waals surface area contributed by atoms with E-state index in [0.29, 0.717) is 24.4 Å². The summed E-state index contributed by atoms with van der Waals surface area (Å²) in [5.74, 6) is 3.03. The third-order valence-corrected chi connectivity index (χ3v) is 4.85. The van der Waals surface area contributed by atoms with Gasteiger partial charge in [0.2, 0.25) is 0 Å². The first kappa shape index (κ1) is 21.7. The number of nitrogens with one attached hydrogen (secondary N) is 2. The SMILES string of the molecule is CCNC(=NCc1nccn1CC(C)C)NCC(C(C)C)N1CCOCC1. The predicted octanol–water partition coefficient (Wildman–Crippen LogP) is 1.95. The number of hydrogen-bond donors (Lipinski definition) is 2. The standard InChI is InChI=1S/C20H38N6O/c1-6-21-20(24-14-19-22-7-8-26(19)15-16(2)3)23-13-18(17(4)5)25-9-11-27-12-10-25/h7-8,16-18H,6,9-15H2,1-5H3,(H2,21,23,24). The highest BCUT2D eigenvalue weighted by molar-refractivity contribution is 5.79. The summed E-state index contributed by atoms with van der Waals surface area (Å²) in [5, 5.41) is 6.90. The van der Waals surface area contributed by atoms with Crippen molar-refractivity contribution < 1.29 is 4.74 Å². The zero-order valence-electron chi connectivity index (χ0n) is 17.7. The molecule has 7 heteroatoms. The van der Waals surface area contributed by atoms with Gasteiger partial charge in [0.25, 0.3) is 0 Å². The van der Waals surface area contributed by atoms with Crippen LogP contribution in [0.25, 0.3) is 0 Å². The molecule has 1 aromatic rings. The zero-order chi connectivity index (χ0) is 19.6. The van der Waals surface area contributed by atoms with Crippen LogP contribution in [0.1, 0.15) is 40.4 Å². The van der Waals surface area contributed by atoms with Crippen LogP contribution in [0.5, 0.6) is 0 Å². The van der Waals surface area contributed by atoms with Crippen LogP contribution in [0.2, 0.25) is 0 Å². The molecule has 1 saturated heterocycles. The molecule has 1 fully saturated rings. The second kappa shape index (κ2) is 11.3. The summed E-state index contributed by atoms with van der Waals surface area (Å²) >= 11 is 0. The van der Waals surface area contributed by atoms with Gasteiger partial charge in [-0.3, -0.25) is 4.90 Å². The minimum absolute atomic E-state index is 0.473. The normalized spacial score (nSPS) is 17.5. The summed E-state index contributed by atoms with van der Waals surface area (Å²) in [5.41, 5.74) is 0. The Morgan fingerprint density at radius 1 is 1.22 bits per heavy atom. The smallest absolute Gasteiger partial charge is 0.191 e. The first-order valence-corrected chi connectivity index (χ1v) is 10.3. The first-order valence-electron chi connectivity index (χ1n) is 10.3. The average molecular weight is 379 g/mol. The van der Waals surface area contributed by atoms with Crippen molar-refractivity contribution >= 4 is 5.96 Å². The summed E-state index contributed by atoms with van der Waals surface area (Å²) in [6.45, 7) is 18.1. The average Bonchev–Trinajstić information content (AvgIpc) is 3.06. The Hall–Kier alpha value is -1.60. The Morgan fingerprint density at radius 2 is 1.96 bits per heavy atom. The lowest BCUT2D eigenvalue weighted by atomic mass is 10.0. The number of aromatic nitrogens is 2. The lowest BCUT2D eigenvalue weighted by molar-refractivity contribution is 0.00752. The van der Waals surface area contributed by atoms with Crippen LogP contribution < -0.4 is 10.6 Å². The molecule has 0 aliphatic carbocycles. The quantitative estimate of drug-likeness (QED) is 0.508. The van der Waals surface area contributed by atoms with E-state index in [1.807, 2.05) is 12.4 Å². The Balaban J connectivity index is 1.97. The van der Waals surface area contributed by atoms with Gasteiger partial charge in [-0.05, 0) is 18.8 Å². The molecule has 0 spiro atoms. The van der Waals surface area contributed by atoms with Gasteiger partial charge in [-0.1, -0.05) is 27.7 Å². The van der Waals surface area contributed by atoms with E-state index in [0.717, 1.165) is 57.7 Å². The second-order valence-electron chi connectivity index (χ2n) is 7.93. The molecule has 0 radical (unpaired) electrons. The monoisotopic (exact) mass is 378 g/mol. The summed E-state index contributed by atoms with van der Waals surface area (Å²) in [6.07, 6.45) is 3.90. The fraction of sp³-hybridized carbons (Fsp3) is 0.800. The molecular weight excluding hydrogens is 340 g/mol. The van der Waals surface area contributed by atoms with Crippen LogP contribution in [0, 0.1) is 11.8 Å². The fourth-order valence-corrected chi connectivity index (χ4v) is 3.44. The Morgan fingerprint density at radius 3 is 2.59 bits per heavy atom. The maximum atomic E-state index is 5.50. The second-order valence-corrected chi connectivity index (χ2v) is 7.93. The van der Waals surface area contributed by atoms with Crippen LogP contribution in [-0.4, -0.2) is 65.8 Å². The third kappa shape index (κ3) is 7.14. The number of aliphatic imine (C=N–C) groups is 1. The van der Waals surface area contributed by atoms with E-state index in [2.05, 4.69) is 59.7 Å². The van der Waals surface area contributed by atoms with Gasteiger partial charge in [-0.2, -0.15) is 0 Å². The van der Waals surface area contributed by atoms with Crippen molar-refractivity contribution in [3.8, 4) is 0 Å². The molecule has 2 heterocycles. The van der Waals surface area contributed by atoms with E-state index in [9.17, 15) is 0 Å². The van der Waals surface area contributed by atoms with Crippen molar-refractivity contribution in [2.75, 3.05) is 39.4 Å². The first-order chi connectivity index (χ1) is 13.0. The Kier molecular flexibility index (Phi) is 9.07. The number of nitrogens with zero attached hydrogens (tertiary/aromatic N) is 4. The Labute approximate surface area is 164 Å². The van der Waals surface area contributed by atoms with Crippen molar-refractivity contribution in [3.05, 3.63) is 18.2 Å². The summed E-state index contributed by atoms with van der Waals surface area (Å²) < 4.78 is 7.70. The van der Waals surface area contributed by atoms with Crippen LogP contribution in [-0.2, 0) is 17.8 Å². The summed E-state index contributed by atoms with van der Waals surface area (Å²) in [7, 11) is 0. The molecule has 2 rings (SSSR count). The predicted molar refractivity (Wildman–Crippen MR) is 111 cm³/mol. The van der Waals surface area contributed by atoms with Gasteiger partial charge in [0.05, 0.1) is 13.2 Å². The number of morpholine rings is 1. The van der Waals surface area contributed by atoms with E-state index in [1.54, 1.807) is 0 Å². The van der Waals surface area contributed by atoms with Gasteiger partial charge in [-0.15, -0.1) is 0 Å². The number of imidazole rings is 1. The van der Waals surface area contributed by atoms with Crippen LogP contribution in [0.3, 0.4) is 0 Å². The Bertz CT molecular complexity index is 563. The van der Waals surface area contributed by atoms with Gasteiger partial charge in [0, 0.05) is 51.2 Å². The number of hydrogen-bond acceptors (Lipinski definition) is 4. The van der Waals surface area contributed by atoms with Gasteiger partial charge >= 0.3 is 0 Å². The summed E-state index contributed by atoms with van der Waals surface area (Å²) in [6, 6.07) is 0.473.